The van der Waals surface area contributed by atoms with E-state index in [0.29, 0.717) is 28.5 Å². The van der Waals surface area contributed by atoms with Gasteiger partial charge in [-0.1, -0.05) is 30.3 Å². The molecule has 3 aromatic carbocycles. The normalized spacial score (nSPS) is 10.7. The van der Waals surface area contributed by atoms with E-state index in [4.69, 9.17) is 25.4 Å². The van der Waals surface area contributed by atoms with Gasteiger partial charge in [0.15, 0.2) is 19.0 Å². The van der Waals surface area contributed by atoms with Crippen molar-refractivity contribution in [1.82, 2.24) is 9.97 Å². The Morgan fingerprint density at radius 1 is 0.758 bits per heavy atom. The molecule has 9 nitrogen and oxygen atoms in total. The summed E-state index contributed by atoms with van der Waals surface area (Å²) in [5.74, 6) is -1.23. The molecule has 0 amide bonds. The molecule has 4 aromatic rings. The molecule has 0 unspecified atom stereocenters. The summed E-state index contributed by atoms with van der Waals surface area (Å²) < 4.78 is 10.6. The summed E-state index contributed by atoms with van der Waals surface area (Å²) in [6, 6.07) is 19.4. The monoisotopic (exact) mass is 445 g/mol. The van der Waals surface area contributed by atoms with Crippen molar-refractivity contribution < 1.29 is 29.3 Å². The van der Waals surface area contributed by atoms with E-state index in [1.54, 1.807) is 30.3 Å². The van der Waals surface area contributed by atoms with Gasteiger partial charge in [-0.05, 0) is 41.1 Å². The van der Waals surface area contributed by atoms with Crippen molar-refractivity contribution in [2.45, 2.75) is 0 Å². The lowest BCUT2D eigenvalue weighted by atomic mass is 10.1. The van der Waals surface area contributed by atoms with Crippen molar-refractivity contribution in [3.05, 3.63) is 66.7 Å². The number of nitrogens with zero attached hydrogens (tertiary/aromatic N) is 2. The summed E-state index contributed by atoms with van der Waals surface area (Å²) in [4.78, 5) is 30.7. The number of carboxylic acids is 2. The standard InChI is InChI=1S/C24H19N3O6/c25-18-6-3-14(4-7-18)20-11-21(33-13-23(30)31)27-24(26-20)17-2-1-16-10-19(32-12-22(28)29)8-5-15(16)9-17/h1-11H,12-13,25H2,(H,28,29)(H,30,31). The fourth-order valence-electron chi connectivity index (χ4n) is 3.16. The van der Waals surface area contributed by atoms with Gasteiger partial charge < -0.3 is 25.4 Å². The van der Waals surface area contributed by atoms with E-state index >= 15 is 0 Å². The van der Waals surface area contributed by atoms with Gasteiger partial charge in [-0.25, -0.2) is 14.6 Å². The number of nitrogen functional groups attached to an aromatic ring is 1. The van der Waals surface area contributed by atoms with Crippen LogP contribution < -0.4 is 15.2 Å². The van der Waals surface area contributed by atoms with E-state index in [-0.39, 0.29) is 5.88 Å². The van der Waals surface area contributed by atoms with Gasteiger partial charge in [-0.2, -0.15) is 4.98 Å². The number of benzene rings is 3. The van der Waals surface area contributed by atoms with Crippen LogP contribution in [0.4, 0.5) is 5.69 Å². The van der Waals surface area contributed by atoms with Crippen LogP contribution in [-0.2, 0) is 9.59 Å². The van der Waals surface area contributed by atoms with Gasteiger partial charge >= 0.3 is 11.9 Å². The summed E-state index contributed by atoms with van der Waals surface area (Å²) >= 11 is 0. The Labute approximate surface area is 188 Å². The molecule has 0 aliphatic rings. The zero-order valence-electron chi connectivity index (χ0n) is 17.3. The van der Waals surface area contributed by atoms with Crippen molar-refractivity contribution >= 4 is 28.4 Å². The van der Waals surface area contributed by atoms with Crippen LogP contribution in [0.3, 0.4) is 0 Å². The summed E-state index contributed by atoms with van der Waals surface area (Å²) in [5.41, 5.74) is 8.40. The highest BCUT2D eigenvalue weighted by atomic mass is 16.5. The molecule has 0 saturated heterocycles. The molecule has 0 saturated carbocycles. The Morgan fingerprint density at radius 3 is 2.12 bits per heavy atom. The first-order valence-electron chi connectivity index (χ1n) is 9.86. The summed E-state index contributed by atoms with van der Waals surface area (Å²) in [7, 11) is 0. The molecule has 0 bridgehead atoms. The van der Waals surface area contributed by atoms with Gasteiger partial charge in [-0.15, -0.1) is 0 Å². The fourth-order valence-corrected chi connectivity index (χ4v) is 3.16. The van der Waals surface area contributed by atoms with E-state index < -0.39 is 25.2 Å². The number of anilines is 1. The Hall–Kier alpha value is -4.66. The van der Waals surface area contributed by atoms with Crippen LogP contribution in [0.5, 0.6) is 11.6 Å². The van der Waals surface area contributed by atoms with Crippen LogP contribution >= 0.6 is 0 Å². The van der Waals surface area contributed by atoms with E-state index in [2.05, 4.69) is 9.97 Å². The molecule has 4 rings (SSSR count). The second kappa shape index (κ2) is 9.23. The molecule has 166 valence electrons. The Balaban J connectivity index is 1.72. The van der Waals surface area contributed by atoms with Gasteiger partial charge in [-0.3, -0.25) is 0 Å². The van der Waals surface area contributed by atoms with Crippen LogP contribution in [0.15, 0.2) is 66.7 Å². The maximum Gasteiger partial charge on any atom is 0.341 e. The number of carboxylic acid groups (broad SMARTS) is 2. The lowest BCUT2D eigenvalue weighted by Gasteiger charge is -2.10. The average molecular weight is 445 g/mol. The molecule has 4 N–H and O–H groups in total. The summed E-state index contributed by atoms with van der Waals surface area (Å²) in [6.07, 6.45) is 0. The van der Waals surface area contributed by atoms with Crippen molar-refractivity contribution in [3.63, 3.8) is 0 Å². The van der Waals surface area contributed by atoms with Crippen molar-refractivity contribution in [3.8, 4) is 34.3 Å². The van der Waals surface area contributed by atoms with Gasteiger partial charge in [0.25, 0.3) is 0 Å². The summed E-state index contributed by atoms with van der Waals surface area (Å²) in [5, 5.41) is 19.4. The molecule has 0 aliphatic heterocycles. The molecule has 0 spiro atoms. The van der Waals surface area contributed by atoms with Crippen molar-refractivity contribution in [2.75, 3.05) is 18.9 Å². The Bertz CT molecular complexity index is 1340. The number of carbonyl (C=O) groups is 2. The quantitative estimate of drug-likeness (QED) is 0.347. The number of ether oxygens (including phenoxy) is 2. The number of aliphatic carboxylic acids is 2. The number of hydrogen-bond acceptors (Lipinski definition) is 7. The van der Waals surface area contributed by atoms with Gasteiger partial charge in [0, 0.05) is 22.9 Å². The maximum absolute atomic E-state index is 11.0. The Morgan fingerprint density at radius 2 is 1.39 bits per heavy atom. The maximum atomic E-state index is 11.0. The minimum absolute atomic E-state index is 0.131. The third kappa shape index (κ3) is 5.34. The number of aromatic nitrogens is 2. The number of nitrogens with two attached hydrogens (primary N) is 1. The smallest absolute Gasteiger partial charge is 0.341 e. The first-order valence-corrected chi connectivity index (χ1v) is 9.86. The van der Waals surface area contributed by atoms with Crippen LogP contribution in [0.2, 0.25) is 0 Å². The van der Waals surface area contributed by atoms with Gasteiger partial charge in [0.2, 0.25) is 5.88 Å². The first-order chi connectivity index (χ1) is 15.9. The second-order valence-corrected chi connectivity index (χ2v) is 7.13. The van der Waals surface area contributed by atoms with Crippen molar-refractivity contribution in [2.24, 2.45) is 0 Å². The minimum atomic E-state index is -1.11. The van der Waals surface area contributed by atoms with Crippen molar-refractivity contribution in [1.29, 1.82) is 0 Å². The van der Waals surface area contributed by atoms with Gasteiger partial charge in [0.05, 0.1) is 5.69 Å². The van der Waals surface area contributed by atoms with E-state index in [1.807, 2.05) is 36.4 Å². The number of rotatable bonds is 8. The second-order valence-electron chi connectivity index (χ2n) is 7.13. The minimum Gasteiger partial charge on any atom is -0.482 e. The number of fused-ring (bicyclic) bond motifs is 1. The van der Waals surface area contributed by atoms with Crippen LogP contribution in [0, 0.1) is 0 Å². The lowest BCUT2D eigenvalue weighted by Crippen LogP contribution is -2.11. The molecule has 0 fully saturated rings. The molecule has 0 radical (unpaired) electrons. The fraction of sp³-hybridized carbons (Fsp3) is 0.0833. The molecule has 0 atom stereocenters. The molecular formula is C24H19N3O6. The highest BCUT2D eigenvalue weighted by molar-refractivity contribution is 5.88. The molecule has 1 aromatic heterocycles. The third-order valence-corrected chi connectivity index (χ3v) is 4.68. The SMILES string of the molecule is Nc1ccc(-c2cc(OCC(=O)O)nc(-c3ccc4cc(OCC(=O)O)ccc4c3)n2)cc1. The summed E-state index contributed by atoms with van der Waals surface area (Å²) in [6.45, 7) is -0.955. The van der Waals surface area contributed by atoms with Crippen LogP contribution in [-0.4, -0.2) is 45.3 Å². The third-order valence-electron chi connectivity index (χ3n) is 4.68. The Kier molecular flexibility index (Phi) is 6.03. The highest BCUT2D eigenvalue weighted by Crippen LogP contribution is 2.29. The van der Waals surface area contributed by atoms with E-state index in [9.17, 15) is 9.59 Å². The zero-order chi connectivity index (χ0) is 23.4. The molecule has 1 heterocycles. The predicted molar refractivity (Wildman–Crippen MR) is 121 cm³/mol. The van der Waals surface area contributed by atoms with E-state index in [0.717, 1.165) is 16.3 Å². The molecule has 0 aliphatic carbocycles. The number of hydrogen-bond donors (Lipinski definition) is 3. The lowest BCUT2D eigenvalue weighted by molar-refractivity contribution is -0.140. The molecular weight excluding hydrogens is 426 g/mol. The highest BCUT2D eigenvalue weighted by Gasteiger charge is 2.12. The van der Waals surface area contributed by atoms with Gasteiger partial charge in [0.1, 0.15) is 5.75 Å². The molecule has 9 heteroatoms. The topological polar surface area (TPSA) is 145 Å². The van der Waals surface area contributed by atoms with Crippen LogP contribution in [0.25, 0.3) is 33.4 Å². The van der Waals surface area contributed by atoms with E-state index in [1.165, 1.54) is 0 Å². The average Bonchev–Trinajstić information content (AvgIpc) is 2.81. The first kappa shape index (κ1) is 21.6. The van der Waals surface area contributed by atoms with Crippen LogP contribution in [0.1, 0.15) is 0 Å². The molecule has 33 heavy (non-hydrogen) atoms. The predicted octanol–water partition coefficient (Wildman–Crippen LogP) is 3.47. The zero-order valence-corrected chi connectivity index (χ0v) is 17.3. The largest absolute Gasteiger partial charge is 0.482 e.